The Morgan fingerprint density at radius 2 is 2.08 bits per heavy atom. The molecule has 2 aliphatic heterocycles. The first kappa shape index (κ1) is 19.8. The number of sulfonamides is 1. The molecule has 1 aromatic heterocycles. The van der Waals surface area contributed by atoms with Crippen LogP contribution >= 0.6 is 11.3 Å². The van der Waals surface area contributed by atoms with Gasteiger partial charge in [0.25, 0.3) is 10.0 Å². The molecule has 0 aromatic carbocycles. The SMILES string of the molecule is Cc1ccc(S(=O)(=O)N2CCCC2C(=O)NCC2CCN(C(C)C)C2)s1. The number of thiophene rings is 1. The minimum Gasteiger partial charge on any atom is -0.354 e. The summed E-state index contributed by atoms with van der Waals surface area (Å²) in [7, 11) is -3.59. The lowest BCUT2D eigenvalue weighted by Gasteiger charge is -2.24. The molecule has 0 saturated carbocycles. The highest BCUT2D eigenvalue weighted by Crippen LogP contribution is 2.30. The Balaban J connectivity index is 1.60. The largest absolute Gasteiger partial charge is 0.354 e. The zero-order valence-electron chi connectivity index (χ0n) is 15.8. The smallest absolute Gasteiger partial charge is 0.253 e. The van der Waals surface area contributed by atoms with Gasteiger partial charge in [0.15, 0.2) is 0 Å². The van der Waals surface area contributed by atoms with Crippen molar-refractivity contribution in [1.82, 2.24) is 14.5 Å². The zero-order valence-corrected chi connectivity index (χ0v) is 17.4. The third-order valence-corrected chi connectivity index (χ3v) is 8.77. The molecular weight excluding hydrogens is 370 g/mol. The number of carbonyl (C=O) groups is 1. The van der Waals surface area contributed by atoms with Crippen molar-refractivity contribution in [3.8, 4) is 0 Å². The van der Waals surface area contributed by atoms with Crippen LogP contribution in [0.5, 0.6) is 0 Å². The first-order valence-corrected chi connectivity index (χ1v) is 11.6. The van der Waals surface area contributed by atoms with E-state index >= 15 is 0 Å². The van der Waals surface area contributed by atoms with E-state index in [4.69, 9.17) is 0 Å². The van der Waals surface area contributed by atoms with Gasteiger partial charge in [-0.1, -0.05) is 0 Å². The summed E-state index contributed by atoms with van der Waals surface area (Å²) in [5.74, 6) is 0.301. The fraction of sp³-hybridized carbons (Fsp3) is 0.722. The van der Waals surface area contributed by atoms with Crippen LogP contribution in [-0.2, 0) is 14.8 Å². The summed E-state index contributed by atoms with van der Waals surface area (Å²) >= 11 is 1.27. The lowest BCUT2D eigenvalue weighted by Crippen LogP contribution is -2.46. The van der Waals surface area contributed by atoms with E-state index in [1.54, 1.807) is 6.07 Å². The minimum absolute atomic E-state index is 0.151. The second-order valence-electron chi connectivity index (χ2n) is 7.63. The van der Waals surface area contributed by atoms with Crippen molar-refractivity contribution in [3.63, 3.8) is 0 Å². The molecule has 3 heterocycles. The Labute approximate surface area is 160 Å². The van der Waals surface area contributed by atoms with Gasteiger partial charge in [-0.3, -0.25) is 4.79 Å². The summed E-state index contributed by atoms with van der Waals surface area (Å²) in [4.78, 5) is 16.1. The highest BCUT2D eigenvalue weighted by Gasteiger charge is 2.40. The van der Waals surface area contributed by atoms with E-state index in [0.717, 1.165) is 30.8 Å². The molecule has 2 fully saturated rings. The molecule has 8 heteroatoms. The van der Waals surface area contributed by atoms with Crippen LogP contribution in [0, 0.1) is 12.8 Å². The first-order chi connectivity index (χ1) is 12.3. The summed E-state index contributed by atoms with van der Waals surface area (Å²) in [6.45, 7) is 9.38. The minimum atomic E-state index is -3.59. The van der Waals surface area contributed by atoms with Crippen molar-refractivity contribution in [2.45, 2.75) is 56.3 Å². The highest BCUT2D eigenvalue weighted by molar-refractivity contribution is 7.91. The zero-order chi connectivity index (χ0) is 18.9. The van der Waals surface area contributed by atoms with Gasteiger partial charge in [0, 0.05) is 30.6 Å². The van der Waals surface area contributed by atoms with Gasteiger partial charge in [0.2, 0.25) is 5.91 Å². The molecule has 146 valence electrons. The van der Waals surface area contributed by atoms with E-state index in [-0.39, 0.29) is 5.91 Å². The Hall–Kier alpha value is -0.960. The van der Waals surface area contributed by atoms with Crippen LogP contribution in [-0.4, -0.2) is 61.8 Å². The van der Waals surface area contributed by atoms with Gasteiger partial charge in [0.05, 0.1) is 0 Å². The van der Waals surface area contributed by atoms with Crippen molar-refractivity contribution in [1.29, 1.82) is 0 Å². The first-order valence-electron chi connectivity index (χ1n) is 9.39. The van der Waals surface area contributed by atoms with Crippen LogP contribution < -0.4 is 5.32 Å². The molecule has 1 aromatic rings. The molecule has 26 heavy (non-hydrogen) atoms. The number of likely N-dealkylation sites (tertiary alicyclic amines) is 1. The number of rotatable bonds is 6. The van der Waals surface area contributed by atoms with Crippen molar-refractivity contribution in [2.24, 2.45) is 5.92 Å². The van der Waals surface area contributed by atoms with Gasteiger partial charge in [-0.25, -0.2) is 8.42 Å². The Morgan fingerprint density at radius 3 is 2.69 bits per heavy atom. The average Bonchev–Trinajstić information content (AvgIpc) is 3.32. The number of hydrogen-bond donors (Lipinski definition) is 1. The van der Waals surface area contributed by atoms with Crippen LogP contribution in [0.2, 0.25) is 0 Å². The Morgan fingerprint density at radius 1 is 1.31 bits per heavy atom. The molecule has 0 bridgehead atoms. The quantitative estimate of drug-likeness (QED) is 0.795. The third-order valence-electron chi connectivity index (χ3n) is 5.40. The maximum Gasteiger partial charge on any atom is 0.253 e. The highest BCUT2D eigenvalue weighted by atomic mass is 32.2. The Kier molecular flexibility index (Phi) is 6.06. The molecule has 1 N–H and O–H groups in total. The number of aryl methyl sites for hydroxylation is 1. The molecule has 3 rings (SSSR count). The van der Waals surface area contributed by atoms with Crippen molar-refractivity contribution >= 4 is 27.3 Å². The number of nitrogens with zero attached hydrogens (tertiary/aromatic N) is 2. The molecule has 0 aliphatic carbocycles. The monoisotopic (exact) mass is 399 g/mol. The van der Waals surface area contributed by atoms with Crippen molar-refractivity contribution < 1.29 is 13.2 Å². The fourth-order valence-corrected chi connectivity index (χ4v) is 6.89. The number of nitrogens with one attached hydrogen (secondary N) is 1. The van der Waals surface area contributed by atoms with Gasteiger partial charge in [-0.05, 0) is 64.6 Å². The summed E-state index contributed by atoms with van der Waals surface area (Å²) in [6, 6.07) is 3.40. The number of hydrogen-bond acceptors (Lipinski definition) is 5. The number of carbonyl (C=O) groups excluding carboxylic acids is 1. The van der Waals surface area contributed by atoms with E-state index in [9.17, 15) is 13.2 Å². The van der Waals surface area contributed by atoms with E-state index in [1.165, 1.54) is 15.6 Å². The topological polar surface area (TPSA) is 69.7 Å². The van der Waals surface area contributed by atoms with E-state index in [2.05, 4.69) is 24.1 Å². The molecular formula is C18H29N3O3S2. The van der Waals surface area contributed by atoms with Crippen molar-refractivity contribution in [3.05, 3.63) is 17.0 Å². The Bertz CT molecular complexity index is 745. The summed E-state index contributed by atoms with van der Waals surface area (Å²) in [5.41, 5.74) is 0. The van der Waals surface area contributed by atoms with E-state index < -0.39 is 16.1 Å². The predicted octanol–water partition coefficient (Wildman–Crippen LogP) is 2.06. The van der Waals surface area contributed by atoms with Crippen LogP contribution in [0.1, 0.15) is 38.0 Å². The fourth-order valence-electron chi connectivity index (χ4n) is 3.82. The van der Waals surface area contributed by atoms with Crippen LogP contribution in [0.15, 0.2) is 16.3 Å². The summed E-state index contributed by atoms with van der Waals surface area (Å²) in [6.07, 6.45) is 2.41. The number of amides is 1. The lowest BCUT2D eigenvalue weighted by molar-refractivity contribution is -0.124. The molecule has 2 saturated heterocycles. The second kappa shape index (κ2) is 7.96. The predicted molar refractivity (Wildman–Crippen MR) is 104 cm³/mol. The van der Waals surface area contributed by atoms with Crippen molar-refractivity contribution in [2.75, 3.05) is 26.2 Å². The third kappa shape index (κ3) is 4.13. The van der Waals surface area contributed by atoms with E-state index in [1.807, 2.05) is 13.0 Å². The lowest BCUT2D eigenvalue weighted by atomic mass is 10.1. The molecule has 0 radical (unpaired) electrons. The normalized spacial score (nSPS) is 25.2. The van der Waals surface area contributed by atoms with Crippen LogP contribution in [0.4, 0.5) is 0 Å². The molecule has 1 amide bonds. The maximum absolute atomic E-state index is 12.9. The van der Waals surface area contributed by atoms with Gasteiger partial charge < -0.3 is 10.2 Å². The van der Waals surface area contributed by atoms with Gasteiger partial charge in [-0.15, -0.1) is 11.3 Å². The maximum atomic E-state index is 12.9. The summed E-state index contributed by atoms with van der Waals surface area (Å²) in [5, 5.41) is 3.02. The second-order valence-corrected chi connectivity index (χ2v) is 11.0. The average molecular weight is 400 g/mol. The standard InChI is InChI=1S/C18H29N3O3S2/c1-13(2)20-10-8-15(12-20)11-19-18(22)16-5-4-9-21(16)26(23,24)17-7-6-14(3)25-17/h6-7,13,15-16H,4-5,8-12H2,1-3H3,(H,19,22). The van der Waals surface area contributed by atoms with Gasteiger partial charge in [0.1, 0.15) is 10.3 Å². The van der Waals surface area contributed by atoms with Crippen LogP contribution in [0.25, 0.3) is 0 Å². The summed E-state index contributed by atoms with van der Waals surface area (Å²) < 4.78 is 27.5. The van der Waals surface area contributed by atoms with Crippen LogP contribution in [0.3, 0.4) is 0 Å². The molecule has 6 nitrogen and oxygen atoms in total. The molecule has 2 atom stereocenters. The molecule has 2 unspecified atom stereocenters. The van der Waals surface area contributed by atoms with Gasteiger partial charge in [-0.2, -0.15) is 4.31 Å². The van der Waals surface area contributed by atoms with E-state index in [0.29, 0.717) is 35.7 Å². The molecule has 0 spiro atoms. The van der Waals surface area contributed by atoms with Gasteiger partial charge >= 0.3 is 0 Å². The molecule has 2 aliphatic rings.